The van der Waals surface area contributed by atoms with E-state index in [0.29, 0.717) is 25.0 Å². The maximum absolute atomic E-state index is 5.85. The minimum absolute atomic E-state index is 0.453. The van der Waals surface area contributed by atoms with Crippen LogP contribution in [0.25, 0.3) is 17.0 Å². The molecule has 136 valence electrons. The van der Waals surface area contributed by atoms with Crippen LogP contribution in [0.15, 0.2) is 77.6 Å². The molecular formula is C21H20N4O2. The van der Waals surface area contributed by atoms with Gasteiger partial charge < -0.3 is 14.5 Å². The molecule has 0 radical (unpaired) electrons. The third kappa shape index (κ3) is 4.07. The van der Waals surface area contributed by atoms with Crippen molar-refractivity contribution in [3.8, 4) is 17.0 Å². The average Bonchev–Trinajstić information content (AvgIpc) is 3.39. The molecule has 6 nitrogen and oxygen atoms in total. The molecule has 4 rings (SSSR count). The van der Waals surface area contributed by atoms with Crippen molar-refractivity contribution >= 4 is 11.7 Å². The summed E-state index contributed by atoms with van der Waals surface area (Å²) in [6, 6.07) is 18.3. The highest BCUT2D eigenvalue weighted by atomic mass is 16.5. The van der Waals surface area contributed by atoms with Crippen LogP contribution >= 0.6 is 0 Å². The second-order valence-electron chi connectivity index (χ2n) is 5.99. The zero-order chi connectivity index (χ0) is 18.5. The molecule has 2 aromatic carbocycles. The SMILES string of the molecule is CCOCc1cccc(Nc2ncc(-c3ccc(-n4cccn4)cc3)o2)c1. The number of hydrogen-bond donors (Lipinski definition) is 1. The molecule has 6 heteroatoms. The maximum atomic E-state index is 5.85. The van der Waals surface area contributed by atoms with E-state index in [9.17, 15) is 0 Å². The van der Waals surface area contributed by atoms with Crippen LogP contribution in [0.3, 0.4) is 0 Å². The number of nitrogens with one attached hydrogen (secondary N) is 1. The molecular weight excluding hydrogens is 340 g/mol. The van der Waals surface area contributed by atoms with Crippen LogP contribution in [0, 0.1) is 0 Å². The molecule has 0 unspecified atom stereocenters. The second-order valence-corrected chi connectivity index (χ2v) is 5.99. The van der Waals surface area contributed by atoms with E-state index in [1.165, 1.54) is 0 Å². The Morgan fingerprint density at radius 3 is 2.78 bits per heavy atom. The van der Waals surface area contributed by atoms with Gasteiger partial charge in [-0.15, -0.1) is 0 Å². The predicted molar refractivity (Wildman–Crippen MR) is 104 cm³/mol. The fourth-order valence-electron chi connectivity index (χ4n) is 2.75. The molecule has 0 aliphatic carbocycles. The lowest BCUT2D eigenvalue weighted by atomic mass is 10.2. The molecule has 2 heterocycles. The number of oxazole rings is 1. The molecule has 4 aromatic rings. The zero-order valence-electron chi connectivity index (χ0n) is 15.0. The van der Waals surface area contributed by atoms with Crippen LogP contribution in [0.2, 0.25) is 0 Å². The first-order valence-electron chi connectivity index (χ1n) is 8.82. The van der Waals surface area contributed by atoms with Crippen LogP contribution in [0.1, 0.15) is 12.5 Å². The minimum atomic E-state index is 0.453. The van der Waals surface area contributed by atoms with Crippen LogP contribution in [-0.2, 0) is 11.3 Å². The highest BCUT2D eigenvalue weighted by molar-refractivity contribution is 5.61. The van der Waals surface area contributed by atoms with Gasteiger partial charge in [-0.2, -0.15) is 5.10 Å². The quantitative estimate of drug-likeness (QED) is 0.512. The Hall–Kier alpha value is -3.38. The lowest BCUT2D eigenvalue weighted by molar-refractivity contribution is 0.134. The predicted octanol–water partition coefficient (Wildman–Crippen LogP) is 4.81. The summed E-state index contributed by atoms with van der Waals surface area (Å²) in [5.41, 5.74) is 3.96. The van der Waals surface area contributed by atoms with Gasteiger partial charge in [-0.3, -0.25) is 0 Å². The maximum Gasteiger partial charge on any atom is 0.299 e. The van der Waals surface area contributed by atoms with Gasteiger partial charge in [-0.1, -0.05) is 12.1 Å². The highest BCUT2D eigenvalue weighted by Gasteiger charge is 2.08. The summed E-state index contributed by atoms with van der Waals surface area (Å²) in [6.45, 7) is 3.27. The number of nitrogens with zero attached hydrogens (tertiary/aromatic N) is 3. The van der Waals surface area contributed by atoms with Gasteiger partial charge in [0.15, 0.2) is 5.76 Å². The molecule has 0 aliphatic heterocycles. The molecule has 2 aromatic heterocycles. The van der Waals surface area contributed by atoms with Crippen molar-refractivity contribution in [2.45, 2.75) is 13.5 Å². The van der Waals surface area contributed by atoms with E-state index in [4.69, 9.17) is 9.15 Å². The molecule has 1 N–H and O–H groups in total. The van der Waals surface area contributed by atoms with Crippen molar-refractivity contribution in [2.24, 2.45) is 0 Å². The largest absolute Gasteiger partial charge is 0.423 e. The Bertz CT molecular complexity index is 991. The summed E-state index contributed by atoms with van der Waals surface area (Å²) in [7, 11) is 0. The molecule has 0 saturated heterocycles. The lowest BCUT2D eigenvalue weighted by Crippen LogP contribution is -1.94. The van der Waals surface area contributed by atoms with Gasteiger partial charge in [0.2, 0.25) is 0 Å². The second kappa shape index (κ2) is 7.88. The summed E-state index contributed by atoms with van der Waals surface area (Å²) < 4.78 is 13.1. The van der Waals surface area contributed by atoms with Gasteiger partial charge in [-0.05, 0) is 55.0 Å². The van der Waals surface area contributed by atoms with Gasteiger partial charge >= 0.3 is 0 Å². The van der Waals surface area contributed by atoms with E-state index in [-0.39, 0.29) is 0 Å². The van der Waals surface area contributed by atoms with E-state index < -0.39 is 0 Å². The molecule has 0 spiro atoms. The van der Waals surface area contributed by atoms with Crippen molar-refractivity contribution in [3.05, 3.63) is 78.8 Å². The Balaban J connectivity index is 1.47. The molecule has 0 saturated carbocycles. The van der Waals surface area contributed by atoms with Gasteiger partial charge in [-0.25, -0.2) is 9.67 Å². The van der Waals surface area contributed by atoms with Crippen molar-refractivity contribution in [2.75, 3.05) is 11.9 Å². The van der Waals surface area contributed by atoms with Gasteiger partial charge in [0.1, 0.15) is 0 Å². The van der Waals surface area contributed by atoms with Crippen LogP contribution in [-0.4, -0.2) is 21.4 Å². The average molecular weight is 360 g/mol. The first-order valence-corrected chi connectivity index (χ1v) is 8.82. The summed E-state index contributed by atoms with van der Waals surface area (Å²) in [5.74, 6) is 0.704. The van der Waals surface area contributed by atoms with Crippen molar-refractivity contribution in [1.82, 2.24) is 14.8 Å². The van der Waals surface area contributed by atoms with Crippen LogP contribution in [0.4, 0.5) is 11.7 Å². The number of rotatable bonds is 7. The van der Waals surface area contributed by atoms with E-state index in [1.807, 2.05) is 72.4 Å². The van der Waals surface area contributed by atoms with Crippen LogP contribution in [0.5, 0.6) is 0 Å². The third-order valence-corrected chi connectivity index (χ3v) is 4.08. The highest BCUT2D eigenvalue weighted by Crippen LogP contribution is 2.25. The molecule has 0 atom stereocenters. The number of benzene rings is 2. The fraction of sp³-hybridized carbons (Fsp3) is 0.143. The smallest absolute Gasteiger partial charge is 0.299 e. The molecule has 27 heavy (non-hydrogen) atoms. The molecule has 0 amide bonds. The van der Waals surface area contributed by atoms with Crippen molar-refractivity contribution in [1.29, 1.82) is 0 Å². The molecule has 0 aliphatic rings. The van der Waals surface area contributed by atoms with Crippen molar-refractivity contribution in [3.63, 3.8) is 0 Å². The summed E-state index contributed by atoms with van der Waals surface area (Å²) in [5, 5.41) is 7.42. The Labute approximate surface area is 157 Å². The molecule has 0 fully saturated rings. The Morgan fingerprint density at radius 2 is 2.00 bits per heavy atom. The van der Waals surface area contributed by atoms with Gasteiger partial charge in [0, 0.05) is 30.3 Å². The first-order chi connectivity index (χ1) is 13.3. The fourth-order valence-corrected chi connectivity index (χ4v) is 2.75. The normalized spacial score (nSPS) is 10.9. The van der Waals surface area contributed by atoms with Crippen molar-refractivity contribution < 1.29 is 9.15 Å². The van der Waals surface area contributed by atoms with Gasteiger partial charge in [0.25, 0.3) is 6.01 Å². The summed E-state index contributed by atoms with van der Waals surface area (Å²) in [4.78, 5) is 4.33. The minimum Gasteiger partial charge on any atom is -0.423 e. The molecule has 0 bridgehead atoms. The summed E-state index contributed by atoms with van der Waals surface area (Å²) in [6.07, 6.45) is 5.38. The standard InChI is InChI=1S/C21H20N4O2/c1-2-26-15-16-5-3-6-18(13-16)24-21-22-14-20(27-21)17-7-9-19(10-8-17)25-12-4-11-23-25/h3-14H,2,15H2,1H3,(H,22,24). The summed E-state index contributed by atoms with van der Waals surface area (Å²) >= 11 is 0. The van der Waals surface area contributed by atoms with E-state index in [2.05, 4.69) is 15.4 Å². The number of aromatic nitrogens is 3. The van der Waals surface area contributed by atoms with Crippen LogP contribution < -0.4 is 5.32 Å². The van der Waals surface area contributed by atoms with Gasteiger partial charge in [0.05, 0.1) is 18.5 Å². The van der Waals surface area contributed by atoms with E-state index in [0.717, 1.165) is 22.5 Å². The first kappa shape index (κ1) is 17.1. The number of ether oxygens (including phenoxy) is 1. The zero-order valence-corrected chi connectivity index (χ0v) is 15.0. The van der Waals surface area contributed by atoms with E-state index in [1.54, 1.807) is 12.4 Å². The topological polar surface area (TPSA) is 65.1 Å². The number of anilines is 2. The monoisotopic (exact) mass is 360 g/mol. The third-order valence-electron chi connectivity index (χ3n) is 4.08. The van der Waals surface area contributed by atoms with E-state index >= 15 is 0 Å². The Kier molecular flexibility index (Phi) is 4.98. The number of hydrogen-bond acceptors (Lipinski definition) is 5. The lowest BCUT2D eigenvalue weighted by Gasteiger charge is -2.06. The Morgan fingerprint density at radius 1 is 1.11 bits per heavy atom.